The molecule has 3 aromatic heterocycles. The summed E-state index contributed by atoms with van der Waals surface area (Å²) < 4.78 is 2.85. The standard InChI is InChI=1S/C25H20IN5/c26-19-12-18(13-19)25-30-22(23-24(27)28-10-11-31(23)25)17-7-6-16-8-9-20(29-21(16)14-17)15-4-2-1-3-5-15/h1-11,14,18-19H,12-13H2,(H2,27,28)/t18-,19-. The van der Waals surface area contributed by atoms with E-state index in [1.165, 1.54) is 0 Å². The maximum atomic E-state index is 6.32. The van der Waals surface area contributed by atoms with E-state index in [2.05, 4.69) is 74.4 Å². The molecule has 6 rings (SSSR count). The van der Waals surface area contributed by atoms with E-state index in [1.54, 1.807) is 6.20 Å². The molecule has 1 fully saturated rings. The highest BCUT2D eigenvalue weighted by molar-refractivity contribution is 14.1. The second-order valence-electron chi connectivity index (χ2n) is 8.09. The fraction of sp³-hybridized carbons (Fsp3) is 0.160. The first-order valence-electron chi connectivity index (χ1n) is 10.4. The van der Waals surface area contributed by atoms with Crippen LogP contribution in [0.3, 0.4) is 0 Å². The minimum absolute atomic E-state index is 0.466. The number of anilines is 1. The van der Waals surface area contributed by atoms with Crippen molar-refractivity contribution in [3.63, 3.8) is 0 Å². The fourth-order valence-electron chi connectivity index (χ4n) is 4.37. The molecule has 152 valence electrons. The van der Waals surface area contributed by atoms with Crippen LogP contribution in [0.1, 0.15) is 24.6 Å². The summed E-state index contributed by atoms with van der Waals surface area (Å²) >= 11 is 2.52. The van der Waals surface area contributed by atoms with E-state index in [0.717, 1.165) is 61.5 Å². The molecular weight excluding hydrogens is 497 g/mol. The number of nitrogens with zero attached hydrogens (tertiary/aromatic N) is 4. The van der Waals surface area contributed by atoms with E-state index in [-0.39, 0.29) is 0 Å². The molecule has 0 aliphatic heterocycles. The molecule has 0 spiro atoms. The Hall–Kier alpha value is -3.00. The van der Waals surface area contributed by atoms with Crippen LogP contribution in [0, 0.1) is 0 Å². The average Bonchev–Trinajstić information content (AvgIpc) is 3.17. The number of fused-ring (bicyclic) bond motifs is 2. The van der Waals surface area contributed by atoms with Crippen molar-refractivity contribution in [2.24, 2.45) is 0 Å². The molecule has 5 nitrogen and oxygen atoms in total. The lowest BCUT2D eigenvalue weighted by atomic mass is 9.85. The van der Waals surface area contributed by atoms with Gasteiger partial charge in [-0.2, -0.15) is 0 Å². The Bertz CT molecular complexity index is 1420. The summed E-state index contributed by atoms with van der Waals surface area (Å²) in [6.45, 7) is 0. The highest BCUT2D eigenvalue weighted by Gasteiger charge is 2.32. The Balaban J connectivity index is 1.51. The number of rotatable bonds is 3. The van der Waals surface area contributed by atoms with Gasteiger partial charge < -0.3 is 5.73 Å². The van der Waals surface area contributed by atoms with Crippen LogP contribution in [0.4, 0.5) is 5.82 Å². The third-order valence-electron chi connectivity index (χ3n) is 6.09. The molecule has 0 radical (unpaired) electrons. The van der Waals surface area contributed by atoms with Gasteiger partial charge in [0.1, 0.15) is 22.9 Å². The van der Waals surface area contributed by atoms with Gasteiger partial charge in [0.2, 0.25) is 0 Å². The van der Waals surface area contributed by atoms with Gasteiger partial charge in [-0.3, -0.25) is 4.40 Å². The molecule has 1 aliphatic rings. The Kier molecular flexibility index (Phi) is 4.41. The molecule has 0 saturated heterocycles. The summed E-state index contributed by atoms with van der Waals surface area (Å²) in [4.78, 5) is 14.3. The van der Waals surface area contributed by atoms with Crippen molar-refractivity contribution in [3.05, 3.63) is 78.9 Å². The number of hydrogen-bond acceptors (Lipinski definition) is 4. The van der Waals surface area contributed by atoms with Crippen molar-refractivity contribution in [1.82, 2.24) is 19.4 Å². The lowest BCUT2D eigenvalue weighted by Gasteiger charge is -2.30. The van der Waals surface area contributed by atoms with E-state index in [0.29, 0.717) is 11.7 Å². The number of benzene rings is 2. The summed E-state index contributed by atoms with van der Waals surface area (Å²) in [5.74, 6) is 2.05. The zero-order chi connectivity index (χ0) is 20.9. The van der Waals surface area contributed by atoms with Crippen LogP contribution in [-0.4, -0.2) is 23.3 Å². The van der Waals surface area contributed by atoms with Gasteiger partial charge in [-0.1, -0.05) is 71.1 Å². The van der Waals surface area contributed by atoms with Gasteiger partial charge in [0, 0.05) is 38.7 Å². The zero-order valence-electron chi connectivity index (χ0n) is 16.7. The zero-order valence-corrected chi connectivity index (χ0v) is 18.9. The van der Waals surface area contributed by atoms with Crippen LogP contribution < -0.4 is 5.73 Å². The molecule has 3 heterocycles. The molecule has 5 aromatic rings. The van der Waals surface area contributed by atoms with Crippen LogP contribution in [0.5, 0.6) is 0 Å². The minimum Gasteiger partial charge on any atom is -0.382 e. The molecule has 0 amide bonds. The maximum absolute atomic E-state index is 6.32. The van der Waals surface area contributed by atoms with Gasteiger partial charge >= 0.3 is 0 Å². The van der Waals surface area contributed by atoms with Gasteiger partial charge in [0.15, 0.2) is 0 Å². The van der Waals surface area contributed by atoms with E-state index in [4.69, 9.17) is 15.7 Å². The SMILES string of the molecule is Nc1nccn2c1c(-c1ccc3ccc(-c4ccccc4)nc3c1)nc2[C@H]1C[C@H](I)C1. The highest BCUT2D eigenvalue weighted by Crippen LogP contribution is 2.43. The smallest absolute Gasteiger partial charge is 0.150 e. The highest BCUT2D eigenvalue weighted by atomic mass is 127. The van der Waals surface area contributed by atoms with Gasteiger partial charge in [0.25, 0.3) is 0 Å². The molecule has 1 aliphatic carbocycles. The molecule has 6 heteroatoms. The van der Waals surface area contributed by atoms with E-state index >= 15 is 0 Å². The predicted molar refractivity (Wildman–Crippen MR) is 133 cm³/mol. The van der Waals surface area contributed by atoms with Gasteiger partial charge in [-0.25, -0.2) is 15.0 Å². The van der Waals surface area contributed by atoms with Crippen LogP contribution >= 0.6 is 22.6 Å². The first-order valence-corrected chi connectivity index (χ1v) is 11.6. The quantitative estimate of drug-likeness (QED) is 0.240. The van der Waals surface area contributed by atoms with Crippen molar-refractivity contribution >= 4 is 44.8 Å². The van der Waals surface area contributed by atoms with Crippen molar-refractivity contribution < 1.29 is 0 Å². The number of imidazole rings is 1. The molecule has 1 saturated carbocycles. The number of nitrogen functional groups attached to an aromatic ring is 1. The summed E-state index contributed by atoms with van der Waals surface area (Å²) in [7, 11) is 0. The summed E-state index contributed by atoms with van der Waals surface area (Å²) in [5.41, 5.74) is 12.1. The third-order valence-corrected chi connectivity index (χ3v) is 7.11. The Morgan fingerprint density at radius 2 is 1.74 bits per heavy atom. The van der Waals surface area contributed by atoms with Crippen LogP contribution in [0.25, 0.3) is 38.9 Å². The average molecular weight is 517 g/mol. The molecule has 2 N–H and O–H groups in total. The second-order valence-corrected chi connectivity index (χ2v) is 9.85. The number of halogens is 1. The monoisotopic (exact) mass is 517 g/mol. The summed E-state index contributed by atoms with van der Waals surface area (Å²) in [5, 5.41) is 1.10. The Morgan fingerprint density at radius 1 is 0.935 bits per heavy atom. The molecule has 0 unspecified atom stereocenters. The van der Waals surface area contributed by atoms with Gasteiger partial charge in [-0.15, -0.1) is 0 Å². The molecule has 0 atom stereocenters. The molecule has 2 aromatic carbocycles. The maximum Gasteiger partial charge on any atom is 0.150 e. The number of hydrogen-bond donors (Lipinski definition) is 1. The molecule has 0 bridgehead atoms. The van der Waals surface area contributed by atoms with Crippen LogP contribution in [0.2, 0.25) is 0 Å². The first-order chi connectivity index (χ1) is 15.2. The Labute approximate surface area is 193 Å². The number of alkyl halides is 1. The molecule has 31 heavy (non-hydrogen) atoms. The minimum atomic E-state index is 0.466. The largest absolute Gasteiger partial charge is 0.382 e. The molecular formula is C25H20IN5. The van der Waals surface area contributed by atoms with Crippen molar-refractivity contribution in [2.45, 2.75) is 22.7 Å². The van der Waals surface area contributed by atoms with Crippen LogP contribution in [0.15, 0.2) is 73.1 Å². The normalized spacial score (nSPS) is 18.4. The summed E-state index contributed by atoms with van der Waals surface area (Å²) in [6.07, 6.45) is 6.04. The number of nitrogens with two attached hydrogens (primary N) is 1. The Morgan fingerprint density at radius 3 is 2.55 bits per heavy atom. The van der Waals surface area contributed by atoms with E-state index < -0.39 is 0 Å². The fourth-order valence-corrected chi connectivity index (χ4v) is 5.60. The van der Waals surface area contributed by atoms with Gasteiger partial charge in [0.05, 0.1) is 11.2 Å². The van der Waals surface area contributed by atoms with Crippen molar-refractivity contribution in [1.29, 1.82) is 0 Å². The van der Waals surface area contributed by atoms with Crippen molar-refractivity contribution in [3.8, 4) is 22.5 Å². The van der Waals surface area contributed by atoms with E-state index in [1.807, 2.05) is 24.4 Å². The topological polar surface area (TPSA) is 69.1 Å². The predicted octanol–water partition coefficient (Wildman–Crippen LogP) is 5.87. The lowest BCUT2D eigenvalue weighted by Crippen LogP contribution is -2.23. The number of pyridine rings is 1. The first kappa shape index (κ1) is 18.7. The van der Waals surface area contributed by atoms with Crippen molar-refractivity contribution in [2.75, 3.05) is 5.73 Å². The lowest BCUT2D eigenvalue weighted by molar-refractivity contribution is 0.428. The van der Waals surface area contributed by atoms with Crippen LogP contribution in [-0.2, 0) is 0 Å². The number of aromatic nitrogens is 4. The van der Waals surface area contributed by atoms with Gasteiger partial charge in [-0.05, 0) is 25.0 Å². The van der Waals surface area contributed by atoms with E-state index in [9.17, 15) is 0 Å². The second kappa shape index (κ2) is 7.30. The summed E-state index contributed by atoms with van der Waals surface area (Å²) in [6, 6.07) is 20.8. The third kappa shape index (κ3) is 3.17.